The van der Waals surface area contributed by atoms with E-state index in [1.807, 2.05) is 36.4 Å². The highest BCUT2D eigenvalue weighted by Gasteiger charge is 2.05. The second kappa shape index (κ2) is 6.10. The topological polar surface area (TPSA) is 58.0 Å². The normalized spacial score (nSPS) is 11.0. The monoisotopic (exact) mass is 300 g/mol. The number of aryl methyl sites for hydroxylation is 1. The second-order valence-corrected chi connectivity index (χ2v) is 5.96. The molecule has 2 N–H and O–H groups in total. The fourth-order valence-electron chi connectivity index (χ4n) is 2.28. The van der Waals surface area contributed by atoms with Crippen molar-refractivity contribution >= 4 is 22.8 Å². The molecule has 1 heterocycles. The number of nitrogens with one attached hydrogen (secondary N) is 1. The molecular weight excluding hydrogens is 284 g/mol. The summed E-state index contributed by atoms with van der Waals surface area (Å²) in [4.78, 5) is 15.9. The molecule has 0 radical (unpaired) electrons. The molecule has 0 bridgehead atoms. The SMILES string of the molecule is O=c1[nH]c2ccccc2n1CCCSc1ccc(O)cc1. The number of H-pyrrole nitrogens is 1. The number of phenolic OH excluding ortho intramolecular Hbond substituents is 1. The van der Waals surface area contributed by atoms with Crippen molar-refractivity contribution in [2.75, 3.05) is 5.75 Å². The van der Waals surface area contributed by atoms with Gasteiger partial charge in [-0.05, 0) is 48.6 Å². The molecular formula is C16H16N2O2S. The Morgan fingerprint density at radius 3 is 2.67 bits per heavy atom. The van der Waals surface area contributed by atoms with Crippen LogP contribution in [0.1, 0.15) is 6.42 Å². The summed E-state index contributed by atoms with van der Waals surface area (Å²) in [5.41, 5.74) is 1.79. The van der Waals surface area contributed by atoms with Gasteiger partial charge < -0.3 is 10.1 Å². The third-order valence-electron chi connectivity index (χ3n) is 3.31. The molecule has 0 saturated carbocycles. The highest BCUT2D eigenvalue weighted by Crippen LogP contribution is 2.21. The lowest BCUT2D eigenvalue weighted by molar-refractivity contribution is 0.475. The molecule has 0 unspecified atom stereocenters. The first-order valence-corrected chi connectivity index (χ1v) is 7.82. The molecule has 0 saturated heterocycles. The van der Waals surface area contributed by atoms with Gasteiger partial charge in [-0.2, -0.15) is 0 Å². The number of rotatable bonds is 5. The zero-order chi connectivity index (χ0) is 14.7. The van der Waals surface area contributed by atoms with Gasteiger partial charge in [-0.15, -0.1) is 11.8 Å². The van der Waals surface area contributed by atoms with Crippen molar-refractivity contribution in [3.05, 3.63) is 59.0 Å². The largest absolute Gasteiger partial charge is 0.508 e. The number of para-hydroxylation sites is 2. The first-order valence-electron chi connectivity index (χ1n) is 6.83. The van der Waals surface area contributed by atoms with Crippen LogP contribution in [0.2, 0.25) is 0 Å². The van der Waals surface area contributed by atoms with Gasteiger partial charge in [-0.3, -0.25) is 4.57 Å². The number of benzene rings is 2. The molecule has 1 aromatic heterocycles. The first-order chi connectivity index (χ1) is 10.2. The van der Waals surface area contributed by atoms with E-state index in [4.69, 9.17) is 0 Å². The van der Waals surface area contributed by atoms with Crippen LogP contribution in [-0.4, -0.2) is 20.4 Å². The zero-order valence-corrected chi connectivity index (χ0v) is 12.3. The summed E-state index contributed by atoms with van der Waals surface area (Å²) < 4.78 is 1.78. The second-order valence-electron chi connectivity index (χ2n) is 4.79. The van der Waals surface area contributed by atoms with Gasteiger partial charge in [0.15, 0.2) is 0 Å². The van der Waals surface area contributed by atoms with Crippen molar-refractivity contribution < 1.29 is 5.11 Å². The van der Waals surface area contributed by atoms with Crippen LogP contribution in [0.5, 0.6) is 5.75 Å². The van der Waals surface area contributed by atoms with Crippen molar-refractivity contribution in [2.45, 2.75) is 17.9 Å². The number of hydrogen-bond acceptors (Lipinski definition) is 3. The zero-order valence-electron chi connectivity index (χ0n) is 11.5. The predicted octanol–water partition coefficient (Wildman–Crippen LogP) is 3.22. The summed E-state index contributed by atoms with van der Waals surface area (Å²) in [6.45, 7) is 0.702. The van der Waals surface area contributed by atoms with E-state index < -0.39 is 0 Å². The molecule has 3 rings (SSSR count). The third kappa shape index (κ3) is 3.13. The summed E-state index contributed by atoms with van der Waals surface area (Å²) >= 11 is 1.73. The first kappa shape index (κ1) is 13.8. The number of nitrogens with zero attached hydrogens (tertiary/aromatic N) is 1. The van der Waals surface area contributed by atoms with Gasteiger partial charge in [0.25, 0.3) is 0 Å². The molecule has 5 heteroatoms. The Kier molecular flexibility index (Phi) is 4.01. The Hall–Kier alpha value is -2.14. The minimum absolute atomic E-state index is 0.0502. The number of aromatic hydroxyl groups is 1. The van der Waals surface area contributed by atoms with E-state index in [1.54, 1.807) is 28.5 Å². The number of aromatic amines is 1. The number of imidazole rings is 1. The van der Waals surface area contributed by atoms with Crippen LogP contribution in [0, 0.1) is 0 Å². The van der Waals surface area contributed by atoms with E-state index in [2.05, 4.69) is 4.98 Å². The Labute approximate surface area is 126 Å². The molecule has 3 aromatic rings. The average molecular weight is 300 g/mol. The molecule has 4 nitrogen and oxygen atoms in total. The Bertz CT molecular complexity index is 790. The standard InChI is InChI=1S/C16H16N2O2S/c19-12-6-8-13(9-7-12)21-11-3-10-18-15-5-2-1-4-14(15)17-16(18)20/h1-2,4-9,19H,3,10-11H2,(H,17,20). The molecule has 0 aliphatic carbocycles. The molecule has 0 spiro atoms. The van der Waals surface area contributed by atoms with Gasteiger partial charge in [-0.25, -0.2) is 4.79 Å². The average Bonchev–Trinajstić information content (AvgIpc) is 2.81. The van der Waals surface area contributed by atoms with Crippen molar-refractivity contribution in [2.24, 2.45) is 0 Å². The summed E-state index contributed by atoms with van der Waals surface area (Å²) in [6, 6.07) is 14.9. The van der Waals surface area contributed by atoms with Gasteiger partial charge in [0.1, 0.15) is 5.75 Å². The van der Waals surface area contributed by atoms with Crippen LogP contribution in [0.25, 0.3) is 11.0 Å². The number of thioether (sulfide) groups is 1. The van der Waals surface area contributed by atoms with E-state index in [1.165, 1.54) is 0 Å². The lowest BCUT2D eigenvalue weighted by Crippen LogP contribution is -2.17. The number of aromatic nitrogens is 2. The molecule has 0 atom stereocenters. The molecule has 0 aliphatic rings. The molecule has 0 amide bonds. The fourth-order valence-corrected chi connectivity index (χ4v) is 3.12. The van der Waals surface area contributed by atoms with E-state index >= 15 is 0 Å². The van der Waals surface area contributed by atoms with Gasteiger partial charge in [0.05, 0.1) is 11.0 Å². The van der Waals surface area contributed by atoms with Gasteiger partial charge >= 0.3 is 5.69 Å². The van der Waals surface area contributed by atoms with Gasteiger partial charge in [0.2, 0.25) is 0 Å². The summed E-state index contributed by atoms with van der Waals surface area (Å²) in [5, 5.41) is 9.23. The van der Waals surface area contributed by atoms with Crippen LogP contribution in [0.15, 0.2) is 58.2 Å². The van der Waals surface area contributed by atoms with Gasteiger partial charge in [0, 0.05) is 11.4 Å². The summed E-state index contributed by atoms with van der Waals surface area (Å²) in [6.07, 6.45) is 0.910. The highest BCUT2D eigenvalue weighted by molar-refractivity contribution is 7.99. The van der Waals surface area contributed by atoms with Crippen LogP contribution in [0.3, 0.4) is 0 Å². The minimum atomic E-state index is -0.0502. The Morgan fingerprint density at radius 1 is 1.10 bits per heavy atom. The van der Waals surface area contributed by atoms with Crippen molar-refractivity contribution in [1.82, 2.24) is 9.55 Å². The molecule has 21 heavy (non-hydrogen) atoms. The van der Waals surface area contributed by atoms with E-state index in [9.17, 15) is 9.90 Å². The van der Waals surface area contributed by atoms with E-state index in [-0.39, 0.29) is 11.4 Å². The quantitative estimate of drug-likeness (QED) is 0.562. The summed E-state index contributed by atoms with van der Waals surface area (Å²) in [7, 11) is 0. The number of fused-ring (bicyclic) bond motifs is 1. The number of hydrogen-bond donors (Lipinski definition) is 2. The predicted molar refractivity (Wildman–Crippen MR) is 86.0 cm³/mol. The maximum Gasteiger partial charge on any atom is 0.326 e. The summed E-state index contributed by atoms with van der Waals surface area (Å²) in [5.74, 6) is 1.21. The van der Waals surface area contributed by atoms with Crippen LogP contribution < -0.4 is 5.69 Å². The van der Waals surface area contributed by atoms with Crippen LogP contribution in [-0.2, 0) is 6.54 Å². The lowest BCUT2D eigenvalue weighted by Gasteiger charge is -2.04. The van der Waals surface area contributed by atoms with Crippen LogP contribution >= 0.6 is 11.8 Å². The maximum atomic E-state index is 11.9. The van der Waals surface area contributed by atoms with E-state index in [0.717, 1.165) is 28.1 Å². The van der Waals surface area contributed by atoms with Crippen LogP contribution in [0.4, 0.5) is 0 Å². The minimum Gasteiger partial charge on any atom is -0.508 e. The highest BCUT2D eigenvalue weighted by atomic mass is 32.2. The van der Waals surface area contributed by atoms with Crippen molar-refractivity contribution in [3.8, 4) is 5.75 Å². The molecule has 2 aromatic carbocycles. The third-order valence-corrected chi connectivity index (χ3v) is 4.41. The van der Waals surface area contributed by atoms with Crippen molar-refractivity contribution in [3.63, 3.8) is 0 Å². The lowest BCUT2D eigenvalue weighted by atomic mass is 10.3. The smallest absolute Gasteiger partial charge is 0.326 e. The molecule has 108 valence electrons. The maximum absolute atomic E-state index is 11.9. The van der Waals surface area contributed by atoms with E-state index in [0.29, 0.717) is 6.54 Å². The van der Waals surface area contributed by atoms with Gasteiger partial charge in [-0.1, -0.05) is 12.1 Å². The Balaban J connectivity index is 1.61. The van der Waals surface area contributed by atoms with Crippen molar-refractivity contribution in [1.29, 1.82) is 0 Å². The Morgan fingerprint density at radius 2 is 1.86 bits per heavy atom. The molecule has 0 fully saturated rings. The number of phenols is 1. The molecule has 0 aliphatic heterocycles. The fraction of sp³-hybridized carbons (Fsp3) is 0.188.